The topological polar surface area (TPSA) is 78.7 Å². The highest BCUT2D eigenvalue weighted by Gasteiger charge is 2.12. The fourth-order valence-corrected chi connectivity index (χ4v) is 2.59. The summed E-state index contributed by atoms with van der Waals surface area (Å²) in [5.41, 5.74) is 2.49. The Balaban J connectivity index is 1.81. The Hall–Kier alpha value is -2.29. The fourth-order valence-electron chi connectivity index (χ4n) is 2.27. The Bertz CT molecular complexity index is 943. The van der Waals surface area contributed by atoms with Gasteiger partial charge in [-0.3, -0.25) is 9.36 Å². The van der Waals surface area contributed by atoms with E-state index in [9.17, 15) is 0 Å². The van der Waals surface area contributed by atoms with Crippen LogP contribution in [0.2, 0.25) is 0 Å². The number of fused-ring (bicyclic) bond motifs is 3. The van der Waals surface area contributed by atoms with Crippen LogP contribution in [0.1, 0.15) is 11.5 Å². The molecule has 0 saturated carbocycles. The van der Waals surface area contributed by atoms with Crippen LogP contribution in [0.5, 0.6) is 0 Å². The third-order valence-electron chi connectivity index (χ3n) is 3.30. The summed E-state index contributed by atoms with van der Waals surface area (Å²) in [7, 11) is 1.85. The van der Waals surface area contributed by atoms with Gasteiger partial charge in [-0.2, -0.15) is 10.2 Å². The zero-order chi connectivity index (χ0) is 14.6. The molecule has 4 aromatic rings. The van der Waals surface area contributed by atoms with Crippen molar-refractivity contribution in [2.75, 3.05) is 0 Å². The SMILES string of the molecule is Cc1nn(Cc2nc3c4cnn(C)c4ncn3n2)cc1Br. The molecule has 4 rings (SSSR count). The third kappa shape index (κ3) is 1.92. The van der Waals surface area contributed by atoms with Gasteiger partial charge in [-0.1, -0.05) is 0 Å². The molecule has 21 heavy (non-hydrogen) atoms. The predicted molar refractivity (Wildman–Crippen MR) is 78.8 cm³/mol. The van der Waals surface area contributed by atoms with Crippen LogP contribution in [0.3, 0.4) is 0 Å². The van der Waals surface area contributed by atoms with Crippen LogP contribution in [0, 0.1) is 6.92 Å². The molecule has 0 N–H and O–H groups in total. The maximum Gasteiger partial charge on any atom is 0.173 e. The molecule has 0 aromatic carbocycles. The van der Waals surface area contributed by atoms with Crippen molar-refractivity contribution < 1.29 is 0 Å². The van der Waals surface area contributed by atoms with Gasteiger partial charge >= 0.3 is 0 Å². The minimum Gasteiger partial charge on any atom is -0.264 e. The van der Waals surface area contributed by atoms with E-state index in [0.717, 1.165) is 26.8 Å². The van der Waals surface area contributed by atoms with Gasteiger partial charge in [-0.15, -0.1) is 5.10 Å². The lowest BCUT2D eigenvalue weighted by Gasteiger charge is -1.94. The molecule has 0 saturated heterocycles. The standard InChI is InChI=1S/C12H11BrN8/c1-7-9(13)4-20(17-7)5-10-16-12-8-3-15-19(2)11(8)14-6-21(12)18-10/h3-4,6H,5H2,1-2H3. The Morgan fingerprint density at radius 3 is 2.86 bits per heavy atom. The summed E-state index contributed by atoms with van der Waals surface area (Å²) in [5, 5.41) is 13.9. The number of nitrogens with zero attached hydrogens (tertiary/aromatic N) is 8. The number of hydrogen-bond donors (Lipinski definition) is 0. The molecule has 4 heterocycles. The molecule has 9 heteroatoms. The lowest BCUT2D eigenvalue weighted by molar-refractivity contribution is 0.647. The van der Waals surface area contributed by atoms with Crippen molar-refractivity contribution in [1.82, 2.24) is 39.1 Å². The van der Waals surface area contributed by atoms with Crippen LogP contribution >= 0.6 is 15.9 Å². The predicted octanol–water partition coefficient (Wildman–Crippen LogP) is 1.33. The molecule has 0 aliphatic rings. The van der Waals surface area contributed by atoms with Crippen LogP contribution in [-0.4, -0.2) is 39.1 Å². The van der Waals surface area contributed by atoms with E-state index in [1.807, 2.05) is 24.9 Å². The molecule has 0 unspecified atom stereocenters. The van der Waals surface area contributed by atoms with E-state index in [2.05, 4.69) is 41.2 Å². The zero-order valence-electron chi connectivity index (χ0n) is 11.4. The first-order valence-electron chi connectivity index (χ1n) is 6.33. The summed E-state index contributed by atoms with van der Waals surface area (Å²) in [4.78, 5) is 8.91. The highest BCUT2D eigenvalue weighted by molar-refractivity contribution is 9.10. The number of rotatable bonds is 2. The van der Waals surface area contributed by atoms with Crippen molar-refractivity contribution in [3.63, 3.8) is 0 Å². The van der Waals surface area contributed by atoms with Gasteiger partial charge in [-0.25, -0.2) is 14.5 Å². The minimum absolute atomic E-state index is 0.510. The van der Waals surface area contributed by atoms with Gasteiger partial charge in [0.05, 0.1) is 21.7 Å². The maximum atomic E-state index is 4.57. The number of aromatic nitrogens is 8. The van der Waals surface area contributed by atoms with E-state index >= 15 is 0 Å². The average Bonchev–Trinajstić information content (AvgIpc) is 3.09. The zero-order valence-corrected chi connectivity index (χ0v) is 13.0. The van der Waals surface area contributed by atoms with Crippen molar-refractivity contribution in [2.24, 2.45) is 7.05 Å². The van der Waals surface area contributed by atoms with E-state index in [1.165, 1.54) is 0 Å². The summed E-state index contributed by atoms with van der Waals surface area (Å²) < 4.78 is 6.17. The van der Waals surface area contributed by atoms with E-state index in [1.54, 1.807) is 21.7 Å². The molecule has 0 fully saturated rings. The second kappa shape index (κ2) is 4.35. The van der Waals surface area contributed by atoms with Gasteiger partial charge in [0.2, 0.25) is 0 Å². The van der Waals surface area contributed by atoms with Gasteiger partial charge in [0.1, 0.15) is 12.9 Å². The quantitative estimate of drug-likeness (QED) is 0.547. The number of hydrogen-bond acceptors (Lipinski definition) is 5. The van der Waals surface area contributed by atoms with Crippen molar-refractivity contribution in [3.8, 4) is 0 Å². The maximum absolute atomic E-state index is 4.57. The minimum atomic E-state index is 0.510. The van der Waals surface area contributed by atoms with Crippen LogP contribution in [-0.2, 0) is 13.6 Å². The fraction of sp³-hybridized carbons (Fsp3) is 0.250. The summed E-state index contributed by atoms with van der Waals surface area (Å²) in [5.74, 6) is 0.683. The summed E-state index contributed by atoms with van der Waals surface area (Å²) in [6, 6.07) is 0. The van der Waals surface area contributed by atoms with Gasteiger partial charge in [-0.05, 0) is 22.9 Å². The molecule has 0 amide bonds. The number of aryl methyl sites for hydroxylation is 2. The van der Waals surface area contributed by atoms with Crippen LogP contribution < -0.4 is 0 Å². The molecule has 0 radical (unpaired) electrons. The second-order valence-corrected chi connectivity index (χ2v) is 5.66. The Morgan fingerprint density at radius 2 is 2.10 bits per heavy atom. The van der Waals surface area contributed by atoms with E-state index in [-0.39, 0.29) is 0 Å². The molecule has 106 valence electrons. The third-order valence-corrected chi connectivity index (χ3v) is 4.08. The van der Waals surface area contributed by atoms with E-state index in [0.29, 0.717) is 12.4 Å². The smallest absolute Gasteiger partial charge is 0.173 e. The monoisotopic (exact) mass is 346 g/mol. The average molecular weight is 347 g/mol. The molecule has 0 aliphatic heterocycles. The summed E-state index contributed by atoms with van der Waals surface area (Å²) >= 11 is 3.45. The molecular weight excluding hydrogens is 336 g/mol. The molecule has 0 bridgehead atoms. The van der Waals surface area contributed by atoms with Crippen LogP contribution in [0.15, 0.2) is 23.2 Å². The lowest BCUT2D eigenvalue weighted by atomic mass is 10.4. The largest absolute Gasteiger partial charge is 0.264 e. The lowest BCUT2D eigenvalue weighted by Crippen LogP contribution is -2.02. The Labute approximate surface area is 127 Å². The molecule has 4 aromatic heterocycles. The Kier molecular flexibility index (Phi) is 2.58. The Morgan fingerprint density at radius 1 is 1.24 bits per heavy atom. The van der Waals surface area contributed by atoms with Crippen molar-refractivity contribution in [2.45, 2.75) is 13.5 Å². The van der Waals surface area contributed by atoms with Crippen molar-refractivity contribution in [1.29, 1.82) is 0 Å². The van der Waals surface area contributed by atoms with Gasteiger partial charge < -0.3 is 0 Å². The van der Waals surface area contributed by atoms with Crippen molar-refractivity contribution in [3.05, 3.63) is 34.7 Å². The second-order valence-electron chi connectivity index (χ2n) is 4.81. The molecule has 0 spiro atoms. The van der Waals surface area contributed by atoms with Crippen LogP contribution in [0.4, 0.5) is 0 Å². The van der Waals surface area contributed by atoms with Gasteiger partial charge in [0.25, 0.3) is 0 Å². The number of halogens is 1. The molecule has 0 aliphatic carbocycles. The normalized spacial score (nSPS) is 11.8. The summed E-state index contributed by atoms with van der Waals surface area (Å²) in [6.45, 7) is 2.46. The van der Waals surface area contributed by atoms with Crippen LogP contribution in [0.25, 0.3) is 16.7 Å². The first kappa shape index (κ1) is 12.5. The highest BCUT2D eigenvalue weighted by atomic mass is 79.9. The first-order chi connectivity index (χ1) is 10.1. The van der Waals surface area contributed by atoms with E-state index < -0.39 is 0 Å². The summed E-state index contributed by atoms with van der Waals surface area (Å²) in [6.07, 6.45) is 5.32. The molecular formula is C12H11BrN8. The first-order valence-corrected chi connectivity index (χ1v) is 7.12. The molecule has 8 nitrogen and oxygen atoms in total. The van der Waals surface area contributed by atoms with Gasteiger partial charge in [0.15, 0.2) is 17.1 Å². The highest BCUT2D eigenvalue weighted by Crippen LogP contribution is 2.16. The molecule has 0 atom stereocenters. The van der Waals surface area contributed by atoms with E-state index in [4.69, 9.17) is 0 Å². The van der Waals surface area contributed by atoms with Crippen molar-refractivity contribution >= 4 is 32.6 Å². The van der Waals surface area contributed by atoms with Gasteiger partial charge in [0, 0.05) is 13.2 Å².